The maximum Gasteiger partial charge on any atom is 0.124 e. The molecule has 5 heteroatoms. The number of hydrogen-bond donors (Lipinski definition) is 1. The number of benzene rings is 1. The monoisotopic (exact) mass is 432 g/mol. The minimum Gasteiger partial charge on any atom is -0.507 e. The molecule has 0 bridgehead atoms. The summed E-state index contributed by atoms with van der Waals surface area (Å²) in [4.78, 5) is 13.3. The zero-order valence-electron chi connectivity index (χ0n) is 19.8. The fraction of sp³-hybridized carbons (Fsp3) is 0.407. The topological polar surface area (TPSA) is 52.5 Å². The minimum absolute atomic E-state index is 0.408. The van der Waals surface area contributed by atoms with Crippen molar-refractivity contribution in [3.05, 3.63) is 89.0 Å². The van der Waals surface area contributed by atoms with E-state index in [0.717, 1.165) is 48.4 Å². The van der Waals surface area contributed by atoms with Gasteiger partial charge in [-0.3, -0.25) is 9.97 Å². The van der Waals surface area contributed by atoms with E-state index in [2.05, 4.69) is 72.0 Å². The van der Waals surface area contributed by atoms with Crippen LogP contribution in [-0.4, -0.2) is 52.1 Å². The summed E-state index contributed by atoms with van der Waals surface area (Å²) < 4.78 is 0. The van der Waals surface area contributed by atoms with E-state index in [-0.39, 0.29) is 0 Å². The smallest absolute Gasteiger partial charge is 0.124 e. The minimum atomic E-state index is 0.408. The van der Waals surface area contributed by atoms with Crippen LogP contribution < -0.4 is 0 Å². The zero-order valence-corrected chi connectivity index (χ0v) is 19.8. The Hall–Kier alpha value is -2.76. The number of rotatable bonds is 11. The lowest BCUT2D eigenvalue weighted by molar-refractivity contribution is 0.311. The number of likely N-dealkylation sites (N-methyl/N-ethyl adjacent to an activating group) is 2. The molecule has 0 unspecified atom stereocenters. The van der Waals surface area contributed by atoms with Gasteiger partial charge in [-0.05, 0) is 49.8 Å². The Bertz CT molecular complexity index is 887. The van der Waals surface area contributed by atoms with E-state index in [1.807, 2.05) is 36.7 Å². The fourth-order valence-corrected chi connectivity index (χ4v) is 3.80. The summed E-state index contributed by atoms with van der Waals surface area (Å²) in [7, 11) is 4.20. The Morgan fingerprint density at radius 3 is 1.62 bits per heavy atom. The molecule has 0 atom stereocenters. The zero-order chi connectivity index (χ0) is 22.9. The van der Waals surface area contributed by atoms with E-state index in [0.29, 0.717) is 24.8 Å². The van der Waals surface area contributed by atoms with Crippen molar-refractivity contribution in [2.45, 2.75) is 45.7 Å². The first kappa shape index (κ1) is 23.9. The van der Waals surface area contributed by atoms with E-state index in [1.54, 1.807) is 0 Å². The number of hydrogen-bond acceptors (Lipinski definition) is 5. The van der Waals surface area contributed by atoms with E-state index in [4.69, 9.17) is 0 Å². The van der Waals surface area contributed by atoms with Gasteiger partial charge in [0.15, 0.2) is 0 Å². The molecular formula is C27H36N4O. The lowest BCUT2D eigenvalue weighted by Gasteiger charge is -2.23. The lowest BCUT2D eigenvalue weighted by Crippen LogP contribution is -2.23. The van der Waals surface area contributed by atoms with Crippen LogP contribution in [0.3, 0.4) is 0 Å². The van der Waals surface area contributed by atoms with E-state index in [1.165, 1.54) is 5.56 Å². The third-order valence-electron chi connectivity index (χ3n) is 5.79. The molecule has 2 heterocycles. The highest BCUT2D eigenvalue weighted by molar-refractivity contribution is 5.44. The third-order valence-corrected chi connectivity index (χ3v) is 5.79. The second-order valence-electron chi connectivity index (χ2n) is 8.96. The van der Waals surface area contributed by atoms with E-state index < -0.39 is 0 Å². The van der Waals surface area contributed by atoms with E-state index >= 15 is 0 Å². The Kier molecular flexibility index (Phi) is 8.77. The average molecular weight is 433 g/mol. The molecule has 0 saturated heterocycles. The molecule has 1 N–H and O–H groups in total. The van der Waals surface area contributed by atoms with E-state index in [9.17, 15) is 5.11 Å². The summed E-state index contributed by atoms with van der Waals surface area (Å²) in [6.07, 6.45) is 5.46. The van der Waals surface area contributed by atoms with Crippen molar-refractivity contribution in [3.8, 4) is 5.75 Å². The Morgan fingerprint density at radius 2 is 1.25 bits per heavy atom. The largest absolute Gasteiger partial charge is 0.507 e. The van der Waals surface area contributed by atoms with Gasteiger partial charge in [-0.2, -0.15) is 0 Å². The van der Waals surface area contributed by atoms with Gasteiger partial charge in [0.2, 0.25) is 0 Å². The highest BCUT2D eigenvalue weighted by Crippen LogP contribution is 2.30. The van der Waals surface area contributed by atoms with Gasteiger partial charge in [0, 0.05) is 73.9 Å². The number of phenols is 1. The molecule has 0 amide bonds. The summed E-state index contributed by atoms with van der Waals surface area (Å²) in [6.45, 7) is 7.61. The summed E-state index contributed by atoms with van der Waals surface area (Å²) in [5, 5.41) is 11.1. The van der Waals surface area contributed by atoms with Gasteiger partial charge in [0.25, 0.3) is 0 Å². The van der Waals surface area contributed by atoms with Crippen molar-refractivity contribution in [1.82, 2.24) is 19.8 Å². The van der Waals surface area contributed by atoms with Gasteiger partial charge < -0.3 is 14.9 Å². The van der Waals surface area contributed by atoms with Crippen molar-refractivity contribution < 1.29 is 5.11 Å². The maximum atomic E-state index is 11.1. The molecule has 3 rings (SSSR count). The van der Waals surface area contributed by atoms with Gasteiger partial charge in [-0.15, -0.1) is 0 Å². The highest BCUT2D eigenvalue weighted by Gasteiger charge is 2.15. The van der Waals surface area contributed by atoms with Crippen LogP contribution in [0.1, 0.15) is 47.8 Å². The first-order valence-electron chi connectivity index (χ1n) is 11.4. The van der Waals surface area contributed by atoms with Gasteiger partial charge in [0.1, 0.15) is 5.75 Å². The number of aromatic nitrogens is 2. The molecule has 0 saturated carbocycles. The Balaban J connectivity index is 1.66. The van der Waals surface area contributed by atoms with Crippen LogP contribution in [0.5, 0.6) is 5.75 Å². The van der Waals surface area contributed by atoms with Gasteiger partial charge in [-0.25, -0.2) is 0 Å². The van der Waals surface area contributed by atoms with Crippen LogP contribution >= 0.6 is 0 Å². The molecule has 0 fully saturated rings. The highest BCUT2D eigenvalue weighted by atomic mass is 16.3. The maximum absolute atomic E-state index is 11.1. The normalized spacial score (nSPS) is 11.6. The number of pyridine rings is 2. The SMILES string of the molecule is CC(C)c1cc(CN(C)CCc2ccccn2)c(O)c(CN(C)CCc2ccccn2)c1. The van der Waals surface area contributed by atoms with Crippen LogP contribution in [0.15, 0.2) is 60.9 Å². The van der Waals surface area contributed by atoms with Crippen LogP contribution in [0.2, 0.25) is 0 Å². The molecule has 0 aliphatic rings. The second kappa shape index (κ2) is 11.7. The molecule has 0 aliphatic heterocycles. The van der Waals surface area contributed by atoms with Crippen LogP contribution in [0.25, 0.3) is 0 Å². The molecule has 0 aliphatic carbocycles. The fourth-order valence-electron chi connectivity index (χ4n) is 3.80. The molecule has 0 spiro atoms. The first-order chi connectivity index (χ1) is 15.4. The number of nitrogens with zero attached hydrogens (tertiary/aromatic N) is 4. The average Bonchev–Trinajstić information content (AvgIpc) is 2.80. The third kappa shape index (κ3) is 7.14. The molecule has 5 nitrogen and oxygen atoms in total. The van der Waals surface area contributed by atoms with Crippen LogP contribution in [0, 0.1) is 0 Å². The first-order valence-corrected chi connectivity index (χ1v) is 11.4. The Morgan fingerprint density at radius 1 is 0.781 bits per heavy atom. The number of phenolic OH excluding ortho intramolecular Hbond substituents is 1. The van der Waals surface area contributed by atoms with Gasteiger partial charge in [-0.1, -0.05) is 38.1 Å². The molecule has 1 aromatic carbocycles. The van der Waals surface area contributed by atoms with Crippen LogP contribution in [0.4, 0.5) is 0 Å². The summed E-state index contributed by atoms with van der Waals surface area (Å²) in [6, 6.07) is 16.4. The van der Waals surface area contributed by atoms with Crippen LogP contribution in [-0.2, 0) is 25.9 Å². The summed E-state index contributed by atoms with van der Waals surface area (Å²) >= 11 is 0. The molecular weight excluding hydrogens is 396 g/mol. The van der Waals surface area contributed by atoms with Crippen molar-refractivity contribution in [3.63, 3.8) is 0 Å². The summed E-state index contributed by atoms with van der Waals surface area (Å²) in [5.74, 6) is 0.828. The summed E-state index contributed by atoms with van der Waals surface area (Å²) in [5.41, 5.74) is 5.44. The quantitative estimate of drug-likeness (QED) is 0.478. The Labute approximate surface area is 192 Å². The van der Waals surface area contributed by atoms with Crippen molar-refractivity contribution in [1.29, 1.82) is 0 Å². The molecule has 2 aromatic heterocycles. The predicted octanol–water partition coefficient (Wildman–Crippen LogP) is 4.65. The van der Waals surface area contributed by atoms with Crippen molar-refractivity contribution in [2.24, 2.45) is 0 Å². The van der Waals surface area contributed by atoms with Crippen molar-refractivity contribution in [2.75, 3.05) is 27.2 Å². The molecule has 170 valence electrons. The lowest BCUT2D eigenvalue weighted by atomic mass is 9.96. The molecule has 3 aromatic rings. The molecule has 0 radical (unpaired) electrons. The van der Waals surface area contributed by atoms with Gasteiger partial charge in [0.05, 0.1) is 0 Å². The number of aromatic hydroxyl groups is 1. The standard InChI is InChI=1S/C27H36N4O/c1-21(2)22-17-23(19-30(3)15-11-25-9-5-7-13-28-25)27(32)24(18-22)20-31(4)16-12-26-10-6-8-14-29-26/h5-10,13-14,17-18,21,32H,11-12,15-16,19-20H2,1-4H3. The predicted molar refractivity (Wildman–Crippen MR) is 131 cm³/mol. The van der Waals surface area contributed by atoms with Crippen molar-refractivity contribution >= 4 is 0 Å². The molecule has 32 heavy (non-hydrogen) atoms. The second-order valence-corrected chi connectivity index (χ2v) is 8.96. The van der Waals surface area contributed by atoms with Gasteiger partial charge >= 0.3 is 0 Å².